The maximum atomic E-state index is 11.1. The highest BCUT2D eigenvalue weighted by Gasteiger charge is 2.05. The molecule has 0 aromatic carbocycles. The molecule has 3 heteroatoms. The van der Waals surface area contributed by atoms with E-state index in [1.807, 2.05) is 27.9 Å². The van der Waals surface area contributed by atoms with Crippen LogP contribution in [-0.4, -0.2) is 38.1 Å². The topological polar surface area (TPSA) is 29.5 Å². The Hall–Kier alpha value is -0.570. The Labute approximate surface area is 81.1 Å². The summed E-state index contributed by atoms with van der Waals surface area (Å²) in [6, 6.07) is 0. The highest BCUT2D eigenvalue weighted by atomic mass is 16.5. The Bertz CT molecular complexity index is 144. The lowest BCUT2D eigenvalue weighted by Crippen LogP contribution is -2.16. The van der Waals surface area contributed by atoms with E-state index in [0.29, 0.717) is 18.9 Å². The van der Waals surface area contributed by atoms with Crippen molar-refractivity contribution in [1.29, 1.82) is 0 Å². The van der Waals surface area contributed by atoms with Crippen LogP contribution < -0.4 is 0 Å². The van der Waals surface area contributed by atoms with Crippen LogP contribution in [0.3, 0.4) is 0 Å². The molecule has 0 unspecified atom stereocenters. The second-order valence-electron chi connectivity index (χ2n) is 3.98. The molecular formula is C10H21NO2. The third-order valence-corrected chi connectivity index (χ3v) is 1.59. The molecule has 0 heterocycles. The van der Waals surface area contributed by atoms with E-state index in [-0.39, 0.29) is 5.97 Å². The number of carbonyl (C=O) groups is 1. The number of rotatable bonds is 6. The molecule has 0 spiro atoms. The fourth-order valence-corrected chi connectivity index (χ4v) is 0.959. The van der Waals surface area contributed by atoms with E-state index >= 15 is 0 Å². The van der Waals surface area contributed by atoms with Crippen molar-refractivity contribution in [3.63, 3.8) is 0 Å². The lowest BCUT2D eigenvalue weighted by molar-refractivity contribution is -0.144. The van der Waals surface area contributed by atoms with Crippen molar-refractivity contribution in [1.82, 2.24) is 4.90 Å². The molecule has 0 aliphatic heterocycles. The maximum absolute atomic E-state index is 11.1. The zero-order valence-corrected chi connectivity index (χ0v) is 9.17. The Balaban J connectivity index is 3.27. The largest absolute Gasteiger partial charge is 0.466 e. The van der Waals surface area contributed by atoms with E-state index in [4.69, 9.17) is 4.74 Å². The molecule has 13 heavy (non-hydrogen) atoms. The summed E-state index contributed by atoms with van der Waals surface area (Å²) in [6.07, 6.45) is 1.44. The summed E-state index contributed by atoms with van der Waals surface area (Å²) in [5.74, 6) is 0.315. The molecule has 0 saturated heterocycles. The Morgan fingerprint density at radius 1 is 1.38 bits per heavy atom. The minimum Gasteiger partial charge on any atom is -0.466 e. The van der Waals surface area contributed by atoms with Crippen LogP contribution in [-0.2, 0) is 9.53 Å². The SMILES string of the molecule is CC(C)CC(=O)OCCCN(C)C. The van der Waals surface area contributed by atoms with E-state index in [0.717, 1.165) is 13.0 Å². The molecular weight excluding hydrogens is 166 g/mol. The van der Waals surface area contributed by atoms with Crippen molar-refractivity contribution in [3.05, 3.63) is 0 Å². The van der Waals surface area contributed by atoms with Crippen molar-refractivity contribution in [2.24, 2.45) is 5.92 Å². The molecule has 0 amide bonds. The fourth-order valence-electron chi connectivity index (χ4n) is 0.959. The van der Waals surface area contributed by atoms with E-state index in [1.54, 1.807) is 0 Å². The van der Waals surface area contributed by atoms with Crippen molar-refractivity contribution in [2.75, 3.05) is 27.2 Å². The first-order valence-electron chi connectivity index (χ1n) is 4.82. The number of hydrogen-bond acceptors (Lipinski definition) is 3. The van der Waals surface area contributed by atoms with Gasteiger partial charge in [-0.25, -0.2) is 0 Å². The number of carbonyl (C=O) groups excluding carboxylic acids is 1. The summed E-state index contributed by atoms with van der Waals surface area (Å²) in [6.45, 7) is 5.54. The summed E-state index contributed by atoms with van der Waals surface area (Å²) in [5.41, 5.74) is 0. The maximum Gasteiger partial charge on any atom is 0.306 e. The van der Waals surface area contributed by atoms with Gasteiger partial charge in [-0.3, -0.25) is 4.79 Å². The number of ether oxygens (including phenoxy) is 1. The van der Waals surface area contributed by atoms with Crippen molar-refractivity contribution in [2.45, 2.75) is 26.7 Å². The van der Waals surface area contributed by atoms with Gasteiger partial charge in [-0.05, 0) is 26.4 Å². The molecule has 0 aromatic heterocycles. The summed E-state index contributed by atoms with van der Waals surface area (Å²) in [7, 11) is 4.02. The standard InChI is InChI=1S/C10H21NO2/c1-9(2)8-10(12)13-7-5-6-11(3)4/h9H,5-8H2,1-4H3. The summed E-state index contributed by atoms with van der Waals surface area (Å²) < 4.78 is 5.04. The molecule has 0 aromatic rings. The highest BCUT2D eigenvalue weighted by Crippen LogP contribution is 2.01. The van der Waals surface area contributed by atoms with Crippen LogP contribution in [0.2, 0.25) is 0 Å². The zero-order chi connectivity index (χ0) is 10.3. The minimum absolute atomic E-state index is 0.0752. The number of nitrogens with zero attached hydrogens (tertiary/aromatic N) is 1. The van der Waals surface area contributed by atoms with Gasteiger partial charge in [0.2, 0.25) is 0 Å². The van der Waals surface area contributed by atoms with Gasteiger partial charge in [-0.15, -0.1) is 0 Å². The molecule has 0 aliphatic carbocycles. The third-order valence-electron chi connectivity index (χ3n) is 1.59. The average molecular weight is 187 g/mol. The van der Waals surface area contributed by atoms with Crippen LogP contribution in [0, 0.1) is 5.92 Å². The van der Waals surface area contributed by atoms with Gasteiger partial charge in [-0.1, -0.05) is 13.8 Å². The van der Waals surface area contributed by atoms with Gasteiger partial charge in [0.25, 0.3) is 0 Å². The van der Waals surface area contributed by atoms with Crippen molar-refractivity contribution < 1.29 is 9.53 Å². The molecule has 0 atom stereocenters. The van der Waals surface area contributed by atoms with E-state index < -0.39 is 0 Å². The first-order chi connectivity index (χ1) is 6.02. The smallest absolute Gasteiger partial charge is 0.306 e. The van der Waals surface area contributed by atoms with Gasteiger partial charge in [0.1, 0.15) is 0 Å². The van der Waals surface area contributed by atoms with Crippen LogP contribution in [0.1, 0.15) is 26.7 Å². The van der Waals surface area contributed by atoms with Crippen LogP contribution in [0.4, 0.5) is 0 Å². The lowest BCUT2D eigenvalue weighted by atomic mass is 10.1. The predicted molar refractivity (Wildman–Crippen MR) is 53.6 cm³/mol. The van der Waals surface area contributed by atoms with Crippen LogP contribution in [0.5, 0.6) is 0 Å². The summed E-state index contributed by atoms with van der Waals surface area (Å²) in [4.78, 5) is 13.1. The first-order valence-corrected chi connectivity index (χ1v) is 4.82. The second kappa shape index (κ2) is 6.89. The number of hydrogen-bond donors (Lipinski definition) is 0. The molecule has 0 radical (unpaired) electrons. The fraction of sp³-hybridized carbons (Fsp3) is 0.900. The predicted octanol–water partition coefficient (Wildman–Crippen LogP) is 1.53. The molecule has 78 valence electrons. The second-order valence-corrected chi connectivity index (χ2v) is 3.98. The van der Waals surface area contributed by atoms with E-state index in [2.05, 4.69) is 4.90 Å². The van der Waals surface area contributed by atoms with Gasteiger partial charge in [-0.2, -0.15) is 0 Å². The summed E-state index contributed by atoms with van der Waals surface area (Å²) in [5, 5.41) is 0. The van der Waals surface area contributed by atoms with Gasteiger partial charge in [0.15, 0.2) is 0 Å². The minimum atomic E-state index is -0.0752. The van der Waals surface area contributed by atoms with E-state index in [1.165, 1.54) is 0 Å². The quantitative estimate of drug-likeness (QED) is 0.466. The average Bonchev–Trinajstić information content (AvgIpc) is 1.96. The third kappa shape index (κ3) is 9.34. The van der Waals surface area contributed by atoms with Crippen LogP contribution >= 0.6 is 0 Å². The highest BCUT2D eigenvalue weighted by molar-refractivity contribution is 5.69. The zero-order valence-electron chi connectivity index (χ0n) is 9.17. The Morgan fingerprint density at radius 2 is 2.00 bits per heavy atom. The molecule has 0 bridgehead atoms. The van der Waals surface area contributed by atoms with E-state index in [9.17, 15) is 4.79 Å². The van der Waals surface area contributed by atoms with Gasteiger partial charge in [0.05, 0.1) is 6.61 Å². The molecule has 3 nitrogen and oxygen atoms in total. The molecule has 0 saturated carbocycles. The Morgan fingerprint density at radius 3 is 2.46 bits per heavy atom. The molecule has 0 aliphatic rings. The molecule has 0 fully saturated rings. The first kappa shape index (κ1) is 12.4. The lowest BCUT2D eigenvalue weighted by Gasteiger charge is -2.10. The van der Waals surface area contributed by atoms with Gasteiger partial charge >= 0.3 is 5.97 Å². The molecule has 0 rings (SSSR count). The number of esters is 1. The van der Waals surface area contributed by atoms with Crippen molar-refractivity contribution in [3.8, 4) is 0 Å². The van der Waals surface area contributed by atoms with Crippen molar-refractivity contribution >= 4 is 5.97 Å². The van der Waals surface area contributed by atoms with Crippen LogP contribution in [0.15, 0.2) is 0 Å². The Kier molecular flexibility index (Phi) is 6.59. The van der Waals surface area contributed by atoms with Gasteiger partial charge in [0, 0.05) is 13.0 Å². The monoisotopic (exact) mass is 187 g/mol. The summed E-state index contributed by atoms with van der Waals surface area (Å²) >= 11 is 0. The molecule has 0 N–H and O–H groups in total. The normalized spacial score (nSPS) is 10.9. The van der Waals surface area contributed by atoms with Gasteiger partial charge < -0.3 is 9.64 Å². The van der Waals surface area contributed by atoms with Crippen LogP contribution in [0.25, 0.3) is 0 Å².